The lowest BCUT2D eigenvalue weighted by Crippen LogP contribution is -2.08. The summed E-state index contributed by atoms with van der Waals surface area (Å²) in [6.45, 7) is 2.53. The summed E-state index contributed by atoms with van der Waals surface area (Å²) in [5.41, 5.74) is 2.70. The van der Waals surface area contributed by atoms with E-state index in [1.807, 2.05) is 48.5 Å². The lowest BCUT2D eigenvalue weighted by Gasteiger charge is -2.18. The van der Waals surface area contributed by atoms with Gasteiger partial charge >= 0.3 is 0 Å². The molecule has 124 valence electrons. The quantitative estimate of drug-likeness (QED) is 0.739. The van der Waals surface area contributed by atoms with E-state index in [9.17, 15) is 4.79 Å². The molecule has 0 saturated heterocycles. The van der Waals surface area contributed by atoms with Crippen LogP contribution in [0.5, 0.6) is 5.75 Å². The third-order valence-electron chi connectivity index (χ3n) is 4.13. The fraction of sp³-hybridized carbons (Fsp3) is 0.250. The van der Waals surface area contributed by atoms with E-state index in [4.69, 9.17) is 9.47 Å². The van der Waals surface area contributed by atoms with Crippen molar-refractivity contribution in [1.29, 1.82) is 0 Å². The number of methoxy groups -OCH3 is 1. The zero-order chi connectivity index (χ0) is 16.9. The summed E-state index contributed by atoms with van der Waals surface area (Å²) in [6.07, 6.45) is 0.844. The van der Waals surface area contributed by atoms with Gasteiger partial charge in [-0.15, -0.1) is 0 Å². The van der Waals surface area contributed by atoms with Gasteiger partial charge in [0.05, 0.1) is 11.6 Å². The summed E-state index contributed by atoms with van der Waals surface area (Å²) >= 11 is 0. The third kappa shape index (κ3) is 3.34. The Labute approximate surface area is 141 Å². The van der Waals surface area contributed by atoms with Crippen LogP contribution in [-0.4, -0.2) is 12.1 Å². The number of aromatic amines is 1. The molecule has 0 aliphatic heterocycles. The monoisotopic (exact) mass is 323 g/mol. The van der Waals surface area contributed by atoms with Crippen LogP contribution >= 0.6 is 0 Å². The Hall–Kier alpha value is -2.59. The molecule has 0 amide bonds. The second-order valence-electron chi connectivity index (χ2n) is 5.67. The highest BCUT2D eigenvalue weighted by atomic mass is 16.5. The fourth-order valence-corrected chi connectivity index (χ4v) is 2.90. The molecule has 1 N–H and O–H groups in total. The first-order valence-electron chi connectivity index (χ1n) is 8.08. The molecule has 0 aliphatic carbocycles. The first-order chi connectivity index (χ1) is 11.7. The SMILES string of the molecule is CCC(OC)c1ccc(OCc2ccccc2)c2[nH]c(=O)ccc12. The number of aromatic nitrogens is 1. The maximum absolute atomic E-state index is 11.8. The van der Waals surface area contributed by atoms with Crippen molar-refractivity contribution < 1.29 is 9.47 Å². The molecule has 0 spiro atoms. The number of pyridine rings is 1. The molecule has 4 nitrogen and oxygen atoms in total. The van der Waals surface area contributed by atoms with E-state index >= 15 is 0 Å². The number of hydrogen-bond acceptors (Lipinski definition) is 3. The van der Waals surface area contributed by atoms with Crippen molar-refractivity contribution in [3.63, 3.8) is 0 Å². The number of rotatable bonds is 6. The molecular weight excluding hydrogens is 302 g/mol. The van der Waals surface area contributed by atoms with Gasteiger partial charge in [-0.05, 0) is 29.7 Å². The second kappa shape index (κ2) is 7.32. The Balaban J connectivity index is 2.01. The van der Waals surface area contributed by atoms with Crippen LogP contribution in [0.2, 0.25) is 0 Å². The van der Waals surface area contributed by atoms with Crippen LogP contribution in [0, 0.1) is 0 Å². The molecule has 24 heavy (non-hydrogen) atoms. The van der Waals surface area contributed by atoms with E-state index in [-0.39, 0.29) is 11.7 Å². The van der Waals surface area contributed by atoms with E-state index in [1.165, 1.54) is 6.07 Å². The predicted molar refractivity (Wildman–Crippen MR) is 95.4 cm³/mol. The smallest absolute Gasteiger partial charge is 0.248 e. The van der Waals surface area contributed by atoms with E-state index in [0.29, 0.717) is 17.9 Å². The van der Waals surface area contributed by atoms with E-state index in [0.717, 1.165) is 22.9 Å². The first kappa shape index (κ1) is 16.3. The summed E-state index contributed by atoms with van der Waals surface area (Å²) in [7, 11) is 1.70. The largest absolute Gasteiger partial charge is 0.487 e. The Morgan fingerprint density at radius 1 is 1.04 bits per heavy atom. The van der Waals surface area contributed by atoms with Gasteiger partial charge in [0.25, 0.3) is 0 Å². The zero-order valence-electron chi connectivity index (χ0n) is 13.9. The lowest BCUT2D eigenvalue weighted by atomic mass is 10.0. The van der Waals surface area contributed by atoms with Gasteiger partial charge in [-0.2, -0.15) is 0 Å². The molecular formula is C20H21NO3. The van der Waals surface area contributed by atoms with Crippen LogP contribution in [-0.2, 0) is 11.3 Å². The summed E-state index contributed by atoms with van der Waals surface area (Å²) < 4.78 is 11.5. The lowest BCUT2D eigenvalue weighted by molar-refractivity contribution is 0.101. The van der Waals surface area contributed by atoms with Gasteiger partial charge in [-0.3, -0.25) is 4.79 Å². The average Bonchev–Trinajstić information content (AvgIpc) is 2.62. The highest BCUT2D eigenvalue weighted by molar-refractivity contribution is 5.87. The van der Waals surface area contributed by atoms with Gasteiger partial charge in [0.2, 0.25) is 5.56 Å². The number of fused-ring (bicyclic) bond motifs is 1. The van der Waals surface area contributed by atoms with Gasteiger partial charge in [0.15, 0.2) is 0 Å². The normalized spacial score (nSPS) is 12.2. The molecule has 3 rings (SSSR count). The minimum atomic E-state index is -0.144. The molecule has 1 atom stereocenters. The molecule has 1 heterocycles. The molecule has 0 fully saturated rings. The van der Waals surface area contributed by atoms with E-state index < -0.39 is 0 Å². The molecule has 4 heteroatoms. The third-order valence-corrected chi connectivity index (χ3v) is 4.13. The van der Waals surface area contributed by atoms with Crippen LogP contribution in [0.1, 0.15) is 30.6 Å². The molecule has 1 unspecified atom stereocenters. The summed E-state index contributed by atoms with van der Waals surface area (Å²) in [4.78, 5) is 14.7. The molecule has 2 aromatic carbocycles. The van der Waals surface area contributed by atoms with Gasteiger partial charge in [0.1, 0.15) is 12.4 Å². The highest BCUT2D eigenvalue weighted by Gasteiger charge is 2.15. The molecule has 0 radical (unpaired) electrons. The van der Waals surface area contributed by atoms with Crippen molar-refractivity contribution >= 4 is 10.9 Å². The second-order valence-corrected chi connectivity index (χ2v) is 5.67. The number of nitrogens with one attached hydrogen (secondary N) is 1. The minimum Gasteiger partial charge on any atom is -0.487 e. The van der Waals surface area contributed by atoms with Crippen LogP contribution in [0.25, 0.3) is 10.9 Å². The topological polar surface area (TPSA) is 51.3 Å². The molecule has 0 saturated carbocycles. The maximum atomic E-state index is 11.8. The van der Waals surface area contributed by atoms with Crippen molar-refractivity contribution in [1.82, 2.24) is 4.98 Å². The molecule has 0 bridgehead atoms. The Bertz CT molecular complexity index is 867. The minimum absolute atomic E-state index is 0.0124. The van der Waals surface area contributed by atoms with E-state index in [2.05, 4.69) is 11.9 Å². The fourth-order valence-electron chi connectivity index (χ4n) is 2.90. The van der Waals surface area contributed by atoms with Gasteiger partial charge in [-0.25, -0.2) is 0 Å². The van der Waals surface area contributed by atoms with Crippen LogP contribution in [0.4, 0.5) is 0 Å². The first-order valence-corrected chi connectivity index (χ1v) is 8.08. The van der Waals surface area contributed by atoms with Crippen molar-refractivity contribution in [2.75, 3.05) is 7.11 Å². The molecule has 0 aliphatic rings. The van der Waals surface area contributed by atoms with Crippen molar-refractivity contribution in [2.45, 2.75) is 26.1 Å². The Morgan fingerprint density at radius 3 is 2.54 bits per heavy atom. The average molecular weight is 323 g/mol. The van der Waals surface area contributed by atoms with Crippen molar-refractivity contribution in [3.05, 3.63) is 76.1 Å². The number of hydrogen-bond donors (Lipinski definition) is 1. The Kier molecular flexibility index (Phi) is 4.96. The predicted octanol–water partition coefficient (Wildman–Crippen LogP) is 4.20. The molecule has 1 aromatic heterocycles. The summed E-state index contributed by atoms with van der Waals surface area (Å²) in [6, 6.07) is 17.2. The zero-order valence-corrected chi connectivity index (χ0v) is 13.9. The van der Waals surface area contributed by atoms with Crippen molar-refractivity contribution in [2.24, 2.45) is 0 Å². The Morgan fingerprint density at radius 2 is 1.83 bits per heavy atom. The standard InChI is InChI=1S/C20H21NO3/c1-3-17(23-2)15-9-11-18(20-16(15)10-12-19(22)21-20)24-13-14-7-5-4-6-8-14/h4-12,17H,3,13H2,1-2H3,(H,21,22). The number of benzene rings is 2. The number of ether oxygens (including phenoxy) is 2. The van der Waals surface area contributed by atoms with Crippen LogP contribution in [0.15, 0.2) is 59.4 Å². The van der Waals surface area contributed by atoms with Crippen LogP contribution in [0.3, 0.4) is 0 Å². The van der Waals surface area contributed by atoms with Gasteiger partial charge in [0, 0.05) is 18.6 Å². The van der Waals surface area contributed by atoms with Crippen LogP contribution < -0.4 is 10.3 Å². The maximum Gasteiger partial charge on any atom is 0.248 e. The summed E-state index contributed by atoms with van der Waals surface area (Å²) in [5.74, 6) is 0.668. The van der Waals surface area contributed by atoms with Crippen molar-refractivity contribution in [3.8, 4) is 5.75 Å². The highest BCUT2D eigenvalue weighted by Crippen LogP contribution is 2.32. The number of H-pyrrole nitrogens is 1. The van der Waals surface area contributed by atoms with E-state index in [1.54, 1.807) is 7.11 Å². The van der Waals surface area contributed by atoms with Gasteiger partial charge in [-0.1, -0.05) is 43.3 Å². The van der Waals surface area contributed by atoms with Gasteiger partial charge < -0.3 is 14.5 Å². The molecule has 3 aromatic rings. The summed E-state index contributed by atoms with van der Waals surface area (Å²) in [5, 5.41) is 0.953.